The van der Waals surface area contributed by atoms with Crippen molar-refractivity contribution in [1.82, 2.24) is 5.32 Å². The van der Waals surface area contributed by atoms with Crippen molar-refractivity contribution in [1.29, 1.82) is 0 Å². The second-order valence-electron chi connectivity index (χ2n) is 4.58. The molecule has 92 valence electrons. The Morgan fingerprint density at radius 2 is 1.73 bits per heavy atom. The van der Waals surface area contributed by atoms with Crippen LogP contribution in [0.5, 0.6) is 0 Å². The maximum atomic E-state index is 12.0. The minimum Gasteiger partial charge on any atom is -0.369 e. The predicted octanol–water partition coefficient (Wildman–Crippen LogP) is 2.73. The van der Waals surface area contributed by atoms with E-state index < -0.39 is 12.3 Å². The molecule has 2 nitrogen and oxygen atoms in total. The smallest absolute Gasteiger partial charge is 0.369 e. The van der Waals surface area contributed by atoms with Gasteiger partial charge in [0.2, 0.25) is 0 Å². The van der Waals surface area contributed by atoms with Gasteiger partial charge >= 0.3 is 6.18 Å². The zero-order valence-electron chi connectivity index (χ0n) is 9.74. The third-order valence-electron chi connectivity index (χ3n) is 1.81. The molecule has 0 aliphatic rings. The van der Waals surface area contributed by atoms with Gasteiger partial charge in [0, 0.05) is 12.1 Å². The van der Waals surface area contributed by atoms with E-state index in [0.29, 0.717) is 13.0 Å². The third kappa shape index (κ3) is 8.69. The molecule has 1 unspecified atom stereocenters. The largest absolute Gasteiger partial charge is 0.414 e. The molecule has 0 aromatic carbocycles. The lowest BCUT2D eigenvalue weighted by atomic mass is 10.1. The highest BCUT2D eigenvalue weighted by atomic mass is 19.4. The summed E-state index contributed by atoms with van der Waals surface area (Å²) in [5.74, 6) is 0. The summed E-state index contributed by atoms with van der Waals surface area (Å²) in [5, 5.41) is 3.17. The summed E-state index contributed by atoms with van der Waals surface area (Å²) in [4.78, 5) is 0. The zero-order chi connectivity index (χ0) is 12.1. The van der Waals surface area contributed by atoms with E-state index in [9.17, 15) is 13.2 Å². The Bertz CT molecular complexity index is 174. The van der Waals surface area contributed by atoms with E-state index in [0.717, 1.165) is 6.92 Å². The van der Waals surface area contributed by atoms with E-state index in [1.165, 1.54) is 0 Å². The second kappa shape index (κ2) is 5.70. The first kappa shape index (κ1) is 14.7. The summed E-state index contributed by atoms with van der Waals surface area (Å²) in [5.41, 5.74) is -0.00432. The molecule has 0 heterocycles. The summed E-state index contributed by atoms with van der Waals surface area (Å²) in [7, 11) is 0. The standard InChI is InChI=1S/C10H20F3NO/c1-8(10(11,12)13)15-7-5-6-14-9(2,3)4/h8,14H,5-7H2,1-4H3. The number of hydrogen-bond donors (Lipinski definition) is 1. The van der Waals surface area contributed by atoms with Crippen LogP contribution >= 0.6 is 0 Å². The minimum absolute atomic E-state index is 0.00432. The average molecular weight is 227 g/mol. The number of hydrogen-bond acceptors (Lipinski definition) is 2. The van der Waals surface area contributed by atoms with Gasteiger partial charge in [-0.25, -0.2) is 0 Å². The normalized spacial score (nSPS) is 15.4. The molecule has 0 aliphatic heterocycles. The van der Waals surface area contributed by atoms with Crippen molar-refractivity contribution in [2.24, 2.45) is 0 Å². The molecule has 1 N–H and O–H groups in total. The summed E-state index contributed by atoms with van der Waals surface area (Å²) in [6.45, 7) is 7.83. The van der Waals surface area contributed by atoms with Gasteiger partial charge in [-0.2, -0.15) is 13.2 Å². The SMILES string of the molecule is CC(OCCCNC(C)(C)C)C(F)(F)F. The summed E-state index contributed by atoms with van der Waals surface area (Å²) < 4.78 is 40.7. The monoisotopic (exact) mass is 227 g/mol. The van der Waals surface area contributed by atoms with Crippen LogP contribution in [0.25, 0.3) is 0 Å². The van der Waals surface area contributed by atoms with Gasteiger partial charge in [-0.05, 0) is 40.7 Å². The van der Waals surface area contributed by atoms with Crippen LogP contribution in [-0.2, 0) is 4.74 Å². The Balaban J connectivity index is 3.48. The van der Waals surface area contributed by atoms with Crippen LogP contribution in [0.15, 0.2) is 0 Å². The molecule has 0 rings (SSSR count). The molecular formula is C10H20F3NO. The molecule has 0 fully saturated rings. The van der Waals surface area contributed by atoms with E-state index in [4.69, 9.17) is 0 Å². The van der Waals surface area contributed by atoms with Gasteiger partial charge in [0.1, 0.15) is 0 Å². The van der Waals surface area contributed by atoms with Crippen LogP contribution in [0.3, 0.4) is 0 Å². The van der Waals surface area contributed by atoms with Crippen LogP contribution in [0, 0.1) is 0 Å². The van der Waals surface area contributed by atoms with E-state index in [1.54, 1.807) is 0 Å². The highest BCUT2D eigenvalue weighted by Crippen LogP contribution is 2.22. The molecule has 15 heavy (non-hydrogen) atoms. The first-order chi connectivity index (χ1) is 6.63. The quantitative estimate of drug-likeness (QED) is 0.729. The number of halogens is 3. The summed E-state index contributed by atoms with van der Waals surface area (Å²) >= 11 is 0. The van der Waals surface area contributed by atoms with Gasteiger partial charge in [0.15, 0.2) is 6.10 Å². The van der Waals surface area contributed by atoms with Crippen LogP contribution < -0.4 is 5.32 Å². The number of ether oxygens (including phenoxy) is 1. The topological polar surface area (TPSA) is 21.3 Å². The van der Waals surface area contributed by atoms with Crippen LogP contribution in [0.1, 0.15) is 34.1 Å². The van der Waals surface area contributed by atoms with Crippen LogP contribution in [-0.4, -0.2) is 31.0 Å². The fourth-order valence-electron chi connectivity index (χ4n) is 0.890. The second-order valence-corrected chi connectivity index (χ2v) is 4.58. The Labute approximate surface area is 89.2 Å². The molecule has 0 aliphatic carbocycles. The molecular weight excluding hydrogens is 207 g/mol. The van der Waals surface area contributed by atoms with Gasteiger partial charge in [-0.3, -0.25) is 0 Å². The van der Waals surface area contributed by atoms with Crippen molar-refractivity contribution in [2.45, 2.75) is 51.9 Å². The fraction of sp³-hybridized carbons (Fsp3) is 1.00. The molecule has 0 radical (unpaired) electrons. The minimum atomic E-state index is -4.25. The van der Waals surface area contributed by atoms with Crippen molar-refractivity contribution in [3.8, 4) is 0 Å². The highest BCUT2D eigenvalue weighted by Gasteiger charge is 2.36. The molecule has 0 spiro atoms. The van der Waals surface area contributed by atoms with Crippen molar-refractivity contribution < 1.29 is 17.9 Å². The van der Waals surface area contributed by atoms with Crippen molar-refractivity contribution >= 4 is 0 Å². The summed E-state index contributed by atoms with van der Waals surface area (Å²) in [6, 6.07) is 0. The lowest BCUT2D eigenvalue weighted by molar-refractivity contribution is -0.214. The number of nitrogens with one attached hydrogen (secondary N) is 1. The van der Waals surface area contributed by atoms with Gasteiger partial charge in [-0.15, -0.1) is 0 Å². The molecule has 0 saturated heterocycles. The molecule has 0 saturated carbocycles. The summed E-state index contributed by atoms with van der Waals surface area (Å²) in [6.07, 6.45) is -5.35. The molecule has 5 heteroatoms. The third-order valence-corrected chi connectivity index (χ3v) is 1.81. The maximum Gasteiger partial charge on any atom is 0.414 e. The van der Waals surface area contributed by atoms with Crippen molar-refractivity contribution in [3.05, 3.63) is 0 Å². The predicted molar refractivity (Wildman–Crippen MR) is 53.8 cm³/mol. The Morgan fingerprint density at radius 3 is 2.13 bits per heavy atom. The van der Waals surface area contributed by atoms with Gasteiger partial charge in [0.25, 0.3) is 0 Å². The van der Waals surface area contributed by atoms with E-state index in [2.05, 4.69) is 10.1 Å². The zero-order valence-corrected chi connectivity index (χ0v) is 9.74. The van der Waals surface area contributed by atoms with E-state index in [-0.39, 0.29) is 12.1 Å². The Morgan fingerprint density at radius 1 is 1.20 bits per heavy atom. The first-order valence-electron chi connectivity index (χ1n) is 5.06. The van der Waals surface area contributed by atoms with Gasteiger partial charge < -0.3 is 10.1 Å². The van der Waals surface area contributed by atoms with Crippen molar-refractivity contribution in [2.75, 3.05) is 13.2 Å². The van der Waals surface area contributed by atoms with Crippen LogP contribution in [0.4, 0.5) is 13.2 Å². The van der Waals surface area contributed by atoms with E-state index in [1.807, 2.05) is 20.8 Å². The number of rotatable bonds is 5. The van der Waals surface area contributed by atoms with E-state index >= 15 is 0 Å². The molecule has 0 aromatic rings. The first-order valence-corrected chi connectivity index (χ1v) is 5.06. The fourth-order valence-corrected chi connectivity index (χ4v) is 0.890. The van der Waals surface area contributed by atoms with Crippen LogP contribution in [0.2, 0.25) is 0 Å². The molecule has 0 aromatic heterocycles. The number of alkyl halides is 3. The Kier molecular flexibility index (Phi) is 5.59. The molecule has 0 amide bonds. The lowest BCUT2D eigenvalue weighted by Gasteiger charge is -2.21. The molecule has 1 atom stereocenters. The average Bonchev–Trinajstić information content (AvgIpc) is 1.99. The Hall–Kier alpha value is -0.290. The lowest BCUT2D eigenvalue weighted by Crippen LogP contribution is -2.37. The van der Waals surface area contributed by atoms with Gasteiger partial charge in [0.05, 0.1) is 0 Å². The maximum absolute atomic E-state index is 12.0. The van der Waals surface area contributed by atoms with Crippen molar-refractivity contribution in [3.63, 3.8) is 0 Å². The highest BCUT2D eigenvalue weighted by molar-refractivity contribution is 4.69. The van der Waals surface area contributed by atoms with Gasteiger partial charge in [-0.1, -0.05) is 0 Å². The molecule has 0 bridgehead atoms.